The van der Waals surface area contributed by atoms with Gasteiger partial charge in [0.25, 0.3) is 0 Å². The average molecular weight is 261 g/mol. The first-order chi connectivity index (χ1) is 9.17. The average Bonchev–Trinajstić information content (AvgIpc) is 2.71. The van der Waals surface area contributed by atoms with Gasteiger partial charge >= 0.3 is 0 Å². The number of aliphatic hydroxyl groups excluding tert-OH is 1. The van der Waals surface area contributed by atoms with E-state index < -0.39 is 0 Å². The molecule has 1 aromatic heterocycles. The minimum absolute atomic E-state index is 0.0300. The summed E-state index contributed by atoms with van der Waals surface area (Å²) in [6.45, 7) is 1.88. The monoisotopic (exact) mass is 261 g/mol. The fourth-order valence-corrected chi connectivity index (χ4v) is 2.24. The van der Waals surface area contributed by atoms with Crippen LogP contribution >= 0.6 is 0 Å². The molecule has 0 saturated heterocycles. The minimum atomic E-state index is -0.244. The number of aromatic nitrogens is 2. The zero-order valence-electron chi connectivity index (χ0n) is 11.4. The summed E-state index contributed by atoms with van der Waals surface area (Å²) in [5.41, 5.74) is 2.69. The van der Waals surface area contributed by atoms with Crippen LogP contribution in [0.3, 0.4) is 0 Å². The van der Waals surface area contributed by atoms with Gasteiger partial charge in [0.05, 0.1) is 31.0 Å². The van der Waals surface area contributed by atoms with E-state index in [1.54, 1.807) is 11.8 Å². The molecule has 2 N–H and O–H groups in total. The SMILES string of the molecule is COc1c(C(CO)Nc2ccccc2)c(C)nn1C. The lowest BCUT2D eigenvalue weighted by molar-refractivity contribution is 0.271. The molecule has 0 bridgehead atoms. The van der Waals surface area contributed by atoms with Crippen LogP contribution in [0.1, 0.15) is 17.3 Å². The Morgan fingerprint density at radius 1 is 1.37 bits per heavy atom. The predicted molar refractivity (Wildman–Crippen MR) is 74.4 cm³/mol. The lowest BCUT2D eigenvalue weighted by Gasteiger charge is -2.18. The highest BCUT2D eigenvalue weighted by Gasteiger charge is 2.22. The lowest BCUT2D eigenvalue weighted by Crippen LogP contribution is -2.16. The van der Waals surface area contributed by atoms with Crippen molar-refractivity contribution in [2.24, 2.45) is 7.05 Å². The van der Waals surface area contributed by atoms with Gasteiger partial charge in [-0.15, -0.1) is 0 Å². The molecule has 1 atom stereocenters. The third kappa shape index (κ3) is 2.71. The van der Waals surface area contributed by atoms with E-state index in [4.69, 9.17) is 4.74 Å². The van der Waals surface area contributed by atoms with Crippen LogP contribution < -0.4 is 10.1 Å². The Kier molecular flexibility index (Phi) is 4.06. The van der Waals surface area contributed by atoms with Crippen LogP contribution in [-0.4, -0.2) is 28.6 Å². The largest absolute Gasteiger partial charge is 0.481 e. The minimum Gasteiger partial charge on any atom is -0.481 e. The number of rotatable bonds is 5. The number of anilines is 1. The molecule has 1 unspecified atom stereocenters. The fraction of sp³-hybridized carbons (Fsp3) is 0.357. The van der Waals surface area contributed by atoms with Crippen LogP contribution in [-0.2, 0) is 7.05 Å². The van der Waals surface area contributed by atoms with Crippen molar-refractivity contribution in [2.75, 3.05) is 19.0 Å². The quantitative estimate of drug-likeness (QED) is 0.863. The van der Waals surface area contributed by atoms with Crippen molar-refractivity contribution in [3.63, 3.8) is 0 Å². The zero-order chi connectivity index (χ0) is 13.8. The lowest BCUT2D eigenvalue weighted by atomic mass is 10.1. The molecule has 102 valence electrons. The summed E-state index contributed by atoms with van der Waals surface area (Å²) in [5, 5.41) is 17.3. The molecule has 1 heterocycles. The van der Waals surface area contributed by atoms with Crippen LogP contribution in [0.25, 0.3) is 0 Å². The first-order valence-corrected chi connectivity index (χ1v) is 6.17. The first kappa shape index (κ1) is 13.4. The number of nitrogens with zero attached hydrogens (tertiary/aromatic N) is 2. The predicted octanol–water partition coefficient (Wildman–Crippen LogP) is 1.88. The Balaban J connectivity index is 2.32. The van der Waals surface area contributed by atoms with E-state index in [1.807, 2.05) is 44.3 Å². The van der Waals surface area contributed by atoms with Gasteiger partial charge in [-0.05, 0) is 19.1 Å². The Bertz CT molecular complexity index is 537. The number of nitrogens with one attached hydrogen (secondary N) is 1. The maximum Gasteiger partial charge on any atom is 0.216 e. The van der Waals surface area contributed by atoms with Crippen molar-refractivity contribution in [1.29, 1.82) is 0 Å². The smallest absolute Gasteiger partial charge is 0.216 e. The molecule has 0 radical (unpaired) electrons. The van der Waals surface area contributed by atoms with E-state index in [2.05, 4.69) is 10.4 Å². The van der Waals surface area contributed by atoms with Crippen LogP contribution in [0.2, 0.25) is 0 Å². The molecule has 5 heteroatoms. The number of methoxy groups -OCH3 is 1. The maximum absolute atomic E-state index is 9.64. The second kappa shape index (κ2) is 5.75. The van der Waals surface area contributed by atoms with E-state index in [-0.39, 0.29) is 12.6 Å². The summed E-state index contributed by atoms with van der Waals surface area (Å²) >= 11 is 0. The Hall–Kier alpha value is -2.01. The van der Waals surface area contributed by atoms with Crippen LogP contribution in [0.15, 0.2) is 30.3 Å². The third-order valence-electron chi connectivity index (χ3n) is 3.05. The summed E-state index contributed by atoms with van der Waals surface area (Å²) < 4.78 is 7.05. The van der Waals surface area contributed by atoms with Gasteiger partial charge in [0, 0.05) is 12.7 Å². The Morgan fingerprint density at radius 2 is 2.05 bits per heavy atom. The molecule has 0 aliphatic rings. The number of aryl methyl sites for hydroxylation is 2. The second-order valence-electron chi connectivity index (χ2n) is 4.38. The van der Waals surface area contributed by atoms with Crippen molar-refractivity contribution < 1.29 is 9.84 Å². The van der Waals surface area contributed by atoms with Crippen LogP contribution in [0.4, 0.5) is 5.69 Å². The van der Waals surface area contributed by atoms with Crippen LogP contribution in [0, 0.1) is 6.92 Å². The topological polar surface area (TPSA) is 59.3 Å². The van der Waals surface area contributed by atoms with Gasteiger partial charge in [0.15, 0.2) is 0 Å². The van der Waals surface area contributed by atoms with E-state index >= 15 is 0 Å². The van der Waals surface area contributed by atoms with Crippen molar-refractivity contribution >= 4 is 5.69 Å². The van der Waals surface area contributed by atoms with Crippen molar-refractivity contribution in [2.45, 2.75) is 13.0 Å². The summed E-state index contributed by atoms with van der Waals surface area (Å²) in [4.78, 5) is 0. The van der Waals surface area contributed by atoms with Gasteiger partial charge in [0.2, 0.25) is 5.88 Å². The summed E-state index contributed by atoms with van der Waals surface area (Å²) in [6, 6.07) is 9.52. The molecule has 0 saturated carbocycles. The van der Waals surface area contributed by atoms with E-state index in [0.29, 0.717) is 5.88 Å². The maximum atomic E-state index is 9.64. The van der Waals surface area contributed by atoms with Gasteiger partial charge in [-0.3, -0.25) is 0 Å². The van der Waals surface area contributed by atoms with Gasteiger partial charge in [-0.2, -0.15) is 5.10 Å². The highest BCUT2D eigenvalue weighted by molar-refractivity contribution is 5.47. The van der Waals surface area contributed by atoms with Crippen molar-refractivity contribution in [1.82, 2.24) is 9.78 Å². The highest BCUT2D eigenvalue weighted by Crippen LogP contribution is 2.30. The molecule has 0 aliphatic carbocycles. The molecule has 0 amide bonds. The van der Waals surface area contributed by atoms with Gasteiger partial charge in [0.1, 0.15) is 0 Å². The van der Waals surface area contributed by atoms with Crippen LogP contribution in [0.5, 0.6) is 5.88 Å². The number of ether oxygens (including phenoxy) is 1. The van der Waals surface area contributed by atoms with E-state index in [9.17, 15) is 5.11 Å². The molecule has 19 heavy (non-hydrogen) atoms. The molecule has 2 rings (SSSR count). The molecular weight excluding hydrogens is 242 g/mol. The third-order valence-corrected chi connectivity index (χ3v) is 3.05. The highest BCUT2D eigenvalue weighted by atomic mass is 16.5. The summed E-state index contributed by atoms with van der Waals surface area (Å²) in [5.74, 6) is 0.667. The van der Waals surface area contributed by atoms with Gasteiger partial charge < -0.3 is 15.2 Å². The zero-order valence-corrected chi connectivity index (χ0v) is 11.4. The number of benzene rings is 1. The Morgan fingerprint density at radius 3 is 2.63 bits per heavy atom. The van der Waals surface area contributed by atoms with Gasteiger partial charge in [-0.25, -0.2) is 4.68 Å². The molecule has 1 aromatic carbocycles. The molecular formula is C14H19N3O2. The summed E-state index contributed by atoms with van der Waals surface area (Å²) in [6.07, 6.45) is 0. The molecule has 0 fully saturated rings. The normalized spacial score (nSPS) is 12.2. The summed E-state index contributed by atoms with van der Waals surface area (Å²) in [7, 11) is 3.43. The molecule has 0 spiro atoms. The van der Waals surface area contributed by atoms with E-state index in [0.717, 1.165) is 16.9 Å². The number of para-hydroxylation sites is 1. The van der Waals surface area contributed by atoms with Crippen molar-refractivity contribution in [3.8, 4) is 5.88 Å². The second-order valence-corrected chi connectivity index (χ2v) is 4.38. The molecule has 2 aromatic rings. The number of hydrogen-bond acceptors (Lipinski definition) is 4. The van der Waals surface area contributed by atoms with E-state index in [1.165, 1.54) is 0 Å². The number of hydrogen-bond donors (Lipinski definition) is 2. The van der Waals surface area contributed by atoms with Crippen molar-refractivity contribution in [3.05, 3.63) is 41.6 Å². The Labute approximate surface area is 112 Å². The molecule has 5 nitrogen and oxygen atoms in total. The fourth-order valence-electron chi connectivity index (χ4n) is 2.24. The number of aliphatic hydroxyl groups is 1. The molecule has 0 aliphatic heterocycles. The standard InChI is InChI=1S/C14H19N3O2/c1-10-13(14(19-3)17(2)16-10)12(9-18)15-11-7-5-4-6-8-11/h4-8,12,15,18H,9H2,1-3H3. The first-order valence-electron chi connectivity index (χ1n) is 6.17. The van der Waals surface area contributed by atoms with Gasteiger partial charge in [-0.1, -0.05) is 18.2 Å².